The second-order valence-corrected chi connectivity index (χ2v) is 6.00. The minimum atomic E-state index is -2.96. The zero-order chi connectivity index (χ0) is 12.2. The number of aromatic nitrogens is 1. The fourth-order valence-electron chi connectivity index (χ4n) is 1.24. The maximum Gasteiger partial charge on any atom is 0.148 e. The molecule has 0 aliphatic carbocycles. The molecule has 0 fully saturated rings. The van der Waals surface area contributed by atoms with Crippen LogP contribution in [0.25, 0.3) is 0 Å². The van der Waals surface area contributed by atoms with Crippen LogP contribution in [0.5, 0.6) is 0 Å². The third-order valence-electron chi connectivity index (χ3n) is 2.15. The molecule has 0 spiro atoms. The van der Waals surface area contributed by atoms with Gasteiger partial charge in [0.25, 0.3) is 0 Å². The molecular formula is C10H15FN2O2S. The summed E-state index contributed by atoms with van der Waals surface area (Å²) >= 11 is 0. The van der Waals surface area contributed by atoms with Crippen molar-refractivity contribution in [3.05, 3.63) is 29.8 Å². The van der Waals surface area contributed by atoms with Gasteiger partial charge in [0, 0.05) is 25.0 Å². The van der Waals surface area contributed by atoms with Crippen LogP contribution in [0.1, 0.15) is 18.5 Å². The number of hydrogen-bond donors (Lipinski definition) is 1. The average molecular weight is 246 g/mol. The van der Waals surface area contributed by atoms with Crippen molar-refractivity contribution in [1.82, 2.24) is 10.3 Å². The Balaban J connectivity index is 2.50. The number of pyridine rings is 1. The molecule has 0 aromatic carbocycles. The lowest BCUT2D eigenvalue weighted by Gasteiger charge is -2.13. The first-order chi connectivity index (χ1) is 7.38. The van der Waals surface area contributed by atoms with Crippen LogP contribution >= 0.6 is 0 Å². The lowest BCUT2D eigenvalue weighted by atomic mass is 10.1. The van der Waals surface area contributed by atoms with E-state index in [1.165, 1.54) is 12.3 Å². The second-order valence-electron chi connectivity index (χ2n) is 3.74. The van der Waals surface area contributed by atoms with Gasteiger partial charge >= 0.3 is 0 Å². The van der Waals surface area contributed by atoms with Crippen molar-refractivity contribution in [2.45, 2.75) is 13.0 Å². The molecule has 0 aliphatic rings. The predicted molar refractivity (Wildman–Crippen MR) is 60.3 cm³/mol. The van der Waals surface area contributed by atoms with E-state index in [4.69, 9.17) is 0 Å². The summed E-state index contributed by atoms with van der Waals surface area (Å²) in [5, 5.41) is 3.00. The highest BCUT2D eigenvalue weighted by Crippen LogP contribution is 2.11. The van der Waals surface area contributed by atoms with Crippen LogP contribution in [0.2, 0.25) is 0 Å². The fraction of sp³-hybridized carbons (Fsp3) is 0.500. The Labute approximate surface area is 94.8 Å². The van der Waals surface area contributed by atoms with Gasteiger partial charge in [-0.15, -0.1) is 0 Å². The molecule has 0 saturated carbocycles. The Morgan fingerprint density at radius 2 is 2.19 bits per heavy atom. The van der Waals surface area contributed by atoms with Crippen LogP contribution in [0.3, 0.4) is 0 Å². The summed E-state index contributed by atoms with van der Waals surface area (Å²) in [5.41, 5.74) is 0.702. The van der Waals surface area contributed by atoms with Gasteiger partial charge in [-0.05, 0) is 18.6 Å². The predicted octanol–water partition coefficient (Wildman–Crippen LogP) is 0.916. The molecule has 0 aliphatic heterocycles. The maximum absolute atomic E-state index is 12.9. The summed E-state index contributed by atoms with van der Waals surface area (Å²) in [5.74, 6) is -0.325. The van der Waals surface area contributed by atoms with Crippen molar-refractivity contribution in [3.63, 3.8) is 0 Å². The summed E-state index contributed by atoms with van der Waals surface area (Å²) in [7, 11) is -2.96. The van der Waals surface area contributed by atoms with E-state index in [0.29, 0.717) is 12.1 Å². The van der Waals surface area contributed by atoms with Crippen molar-refractivity contribution < 1.29 is 12.8 Å². The van der Waals surface area contributed by atoms with E-state index in [0.717, 1.165) is 6.20 Å². The molecule has 90 valence electrons. The van der Waals surface area contributed by atoms with Gasteiger partial charge in [-0.25, -0.2) is 12.8 Å². The fourth-order valence-corrected chi connectivity index (χ4v) is 1.73. The van der Waals surface area contributed by atoms with Crippen molar-refractivity contribution in [1.29, 1.82) is 0 Å². The molecule has 1 atom stereocenters. The van der Waals surface area contributed by atoms with Crippen LogP contribution in [0, 0.1) is 5.82 Å². The summed E-state index contributed by atoms with van der Waals surface area (Å²) < 4.78 is 34.6. The third kappa shape index (κ3) is 4.67. The number of hydrogen-bond acceptors (Lipinski definition) is 4. The Bertz CT molecular complexity index is 448. The van der Waals surface area contributed by atoms with Gasteiger partial charge in [0.05, 0.1) is 11.9 Å². The van der Waals surface area contributed by atoms with Crippen LogP contribution in [-0.4, -0.2) is 32.0 Å². The van der Waals surface area contributed by atoms with E-state index in [2.05, 4.69) is 10.3 Å². The Hall–Kier alpha value is -1.01. The first-order valence-electron chi connectivity index (χ1n) is 4.90. The summed E-state index contributed by atoms with van der Waals surface area (Å²) in [6.07, 6.45) is 3.87. The van der Waals surface area contributed by atoms with Crippen molar-refractivity contribution in [2.75, 3.05) is 18.6 Å². The van der Waals surface area contributed by atoms with E-state index in [9.17, 15) is 12.8 Å². The van der Waals surface area contributed by atoms with E-state index in [-0.39, 0.29) is 11.8 Å². The minimum Gasteiger partial charge on any atom is -0.309 e. The Kier molecular flexibility index (Phi) is 4.37. The highest BCUT2D eigenvalue weighted by atomic mass is 32.2. The molecule has 0 amide bonds. The van der Waals surface area contributed by atoms with Crippen LogP contribution in [-0.2, 0) is 9.84 Å². The highest BCUT2D eigenvalue weighted by Gasteiger charge is 2.08. The zero-order valence-corrected chi connectivity index (χ0v) is 10.1. The number of nitrogens with zero attached hydrogens (tertiary/aromatic N) is 1. The molecule has 1 heterocycles. The lowest BCUT2D eigenvalue weighted by molar-refractivity contribution is 0.566. The van der Waals surface area contributed by atoms with Gasteiger partial charge in [-0.2, -0.15) is 0 Å². The molecule has 16 heavy (non-hydrogen) atoms. The number of halogens is 1. The smallest absolute Gasteiger partial charge is 0.148 e. The summed E-state index contributed by atoms with van der Waals surface area (Å²) in [6.45, 7) is 2.18. The molecule has 1 rings (SSSR count). The minimum absolute atomic E-state index is 0.0695. The molecular weight excluding hydrogens is 231 g/mol. The number of sulfone groups is 1. The van der Waals surface area contributed by atoms with Gasteiger partial charge in [-0.3, -0.25) is 4.98 Å². The first kappa shape index (κ1) is 13.1. The largest absolute Gasteiger partial charge is 0.309 e. The molecule has 1 aromatic rings. The molecule has 0 bridgehead atoms. The van der Waals surface area contributed by atoms with E-state index in [1.54, 1.807) is 6.20 Å². The monoisotopic (exact) mass is 246 g/mol. The van der Waals surface area contributed by atoms with E-state index >= 15 is 0 Å². The second kappa shape index (κ2) is 5.36. The number of rotatable bonds is 5. The van der Waals surface area contributed by atoms with E-state index < -0.39 is 15.7 Å². The van der Waals surface area contributed by atoms with Crippen molar-refractivity contribution in [2.24, 2.45) is 0 Å². The third-order valence-corrected chi connectivity index (χ3v) is 3.10. The summed E-state index contributed by atoms with van der Waals surface area (Å²) in [6, 6.07) is 1.26. The molecule has 1 N–H and O–H groups in total. The molecule has 1 unspecified atom stereocenters. The van der Waals surface area contributed by atoms with Gasteiger partial charge < -0.3 is 5.32 Å². The summed E-state index contributed by atoms with van der Waals surface area (Å²) in [4.78, 5) is 3.73. The molecule has 0 saturated heterocycles. The van der Waals surface area contributed by atoms with Gasteiger partial charge in [0.2, 0.25) is 0 Å². The lowest BCUT2D eigenvalue weighted by Crippen LogP contribution is -2.25. The number of nitrogens with one attached hydrogen (secondary N) is 1. The molecule has 1 aromatic heterocycles. The SMILES string of the molecule is CC(NCCS(C)(=O)=O)c1cncc(F)c1. The average Bonchev–Trinajstić information content (AvgIpc) is 2.15. The van der Waals surface area contributed by atoms with Crippen LogP contribution < -0.4 is 5.32 Å². The van der Waals surface area contributed by atoms with Gasteiger partial charge in [-0.1, -0.05) is 0 Å². The quantitative estimate of drug-likeness (QED) is 0.839. The topological polar surface area (TPSA) is 59.1 Å². The highest BCUT2D eigenvalue weighted by molar-refractivity contribution is 7.90. The van der Waals surface area contributed by atoms with E-state index in [1.807, 2.05) is 6.92 Å². The van der Waals surface area contributed by atoms with Crippen LogP contribution in [0.4, 0.5) is 4.39 Å². The van der Waals surface area contributed by atoms with Crippen LogP contribution in [0.15, 0.2) is 18.5 Å². The molecule has 0 radical (unpaired) electrons. The van der Waals surface area contributed by atoms with Crippen molar-refractivity contribution in [3.8, 4) is 0 Å². The maximum atomic E-state index is 12.9. The van der Waals surface area contributed by atoms with Crippen molar-refractivity contribution >= 4 is 9.84 Å². The Morgan fingerprint density at radius 1 is 1.50 bits per heavy atom. The van der Waals surface area contributed by atoms with Gasteiger partial charge in [0.1, 0.15) is 15.7 Å². The standard InChI is InChI=1S/C10H15FN2O2S/c1-8(13-3-4-16(2,14)15)9-5-10(11)7-12-6-9/h5-8,13H,3-4H2,1-2H3. The zero-order valence-electron chi connectivity index (χ0n) is 9.27. The Morgan fingerprint density at radius 3 is 2.75 bits per heavy atom. The normalized spacial score (nSPS) is 13.7. The molecule has 6 heteroatoms. The molecule has 4 nitrogen and oxygen atoms in total. The van der Waals surface area contributed by atoms with Gasteiger partial charge in [0.15, 0.2) is 0 Å². The first-order valence-corrected chi connectivity index (χ1v) is 6.96.